The lowest BCUT2D eigenvalue weighted by Crippen LogP contribution is -2.21. The van der Waals surface area contributed by atoms with Gasteiger partial charge in [-0.3, -0.25) is 9.20 Å². The number of hydrogen-bond acceptors (Lipinski definition) is 4. The van der Waals surface area contributed by atoms with Crippen LogP contribution >= 0.6 is 11.3 Å². The number of nitrogens with one attached hydrogen (secondary N) is 1. The third kappa shape index (κ3) is 2.41. The molecule has 86 valence electrons. The van der Waals surface area contributed by atoms with E-state index in [-0.39, 0.29) is 11.0 Å². The lowest BCUT2D eigenvalue weighted by Gasteiger charge is -2.18. The minimum atomic E-state index is -0.0392. The van der Waals surface area contributed by atoms with Gasteiger partial charge < -0.3 is 5.32 Å². The van der Waals surface area contributed by atoms with Crippen LogP contribution in [-0.4, -0.2) is 15.9 Å². The van der Waals surface area contributed by atoms with Crippen LogP contribution in [0.5, 0.6) is 0 Å². The fourth-order valence-corrected chi connectivity index (χ4v) is 2.01. The zero-order valence-corrected chi connectivity index (χ0v) is 10.5. The smallest absolute Gasteiger partial charge is 0.260 e. The van der Waals surface area contributed by atoms with Crippen LogP contribution in [0.2, 0.25) is 0 Å². The quantitative estimate of drug-likeness (QED) is 0.871. The zero-order chi connectivity index (χ0) is 11.8. The second-order valence-corrected chi connectivity index (χ2v) is 5.82. The highest BCUT2D eigenvalue weighted by Crippen LogP contribution is 2.14. The van der Waals surface area contributed by atoms with Crippen molar-refractivity contribution in [1.82, 2.24) is 9.38 Å². The highest BCUT2D eigenvalue weighted by atomic mass is 32.1. The van der Waals surface area contributed by atoms with Gasteiger partial charge in [0.25, 0.3) is 5.56 Å². The molecule has 0 bridgehead atoms. The number of rotatable bonds is 2. The van der Waals surface area contributed by atoms with Crippen molar-refractivity contribution in [3.63, 3.8) is 0 Å². The average Bonchev–Trinajstić information content (AvgIpc) is 2.62. The molecule has 4 nitrogen and oxygen atoms in total. The summed E-state index contributed by atoms with van der Waals surface area (Å²) in [6.07, 6.45) is 1.74. The van der Waals surface area contributed by atoms with Crippen molar-refractivity contribution in [2.24, 2.45) is 5.41 Å². The third-order valence-corrected chi connectivity index (χ3v) is 2.86. The standard InChI is InChI=1S/C11H15N3OS/c1-11(2,3)7-12-8-6-9(15)14-4-5-16-10(14)13-8/h4-6,12H,7H2,1-3H3. The molecule has 0 fully saturated rings. The van der Waals surface area contributed by atoms with Gasteiger partial charge in [-0.25, -0.2) is 4.98 Å². The number of thiazole rings is 1. The fraction of sp³-hybridized carbons (Fsp3) is 0.455. The highest BCUT2D eigenvalue weighted by molar-refractivity contribution is 7.15. The predicted molar refractivity (Wildman–Crippen MR) is 67.3 cm³/mol. The molecule has 0 radical (unpaired) electrons. The molecule has 0 aliphatic heterocycles. The van der Waals surface area contributed by atoms with Gasteiger partial charge in [-0.1, -0.05) is 20.8 Å². The van der Waals surface area contributed by atoms with Gasteiger partial charge in [-0.15, -0.1) is 11.3 Å². The van der Waals surface area contributed by atoms with Crippen molar-refractivity contribution in [3.05, 3.63) is 28.0 Å². The van der Waals surface area contributed by atoms with Gasteiger partial charge in [-0.05, 0) is 5.41 Å². The van der Waals surface area contributed by atoms with Crippen molar-refractivity contribution >= 4 is 22.1 Å². The molecule has 0 saturated heterocycles. The van der Waals surface area contributed by atoms with Crippen LogP contribution in [0.25, 0.3) is 4.96 Å². The summed E-state index contributed by atoms with van der Waals surface area (Å²) in [6.45, 7) is 7.20. The molecule has 0 aromatic carbocycles. The molecule has 0 spiro atoms. The normalized spacial score (nSPS) is 11.9. The first-order chi connectivity index (χ1) is 7.46. The van der Waals surface area contributed by atoms with Gasteiger partial charge >= 0.3 is 0 Å². The molecule has 2 aromatic heterocycles. The van der Waals surface area contributed by atoms with Crippen LogP contribution in [0.4, 0.5) is 5.82 Å². The first-order valence-electron chi connectivity index (χ1n) is 5.16. The van der Waals surface area contributed by atoms with E-state index in [9.17, 15) is 4.79 Å². The highest BCUT2D eigenvalue weighted by Gasteiger charge is 2.10. The minimum absolute atomic E-state index is 0.0392. The molecule has 0 aliphatic carbocycles. The number of nitrogens with zero attached hydrogens (tertiary/aromatic N) is 2. The molecular weight excluding hydrogens is 222 g/mol. The zero-order valence-electron chi connectivity index (χ0n) is 9.65. The van der Waals surface area contributed by atoms with Gasteiger partial charge in [0.05, 0.1) is 0 Å². The molecule has 0 saturated carbocycles. The molecule has 0 atom stereocenters. The predicted octanol–water partition coefficient (Wildman–Crippen LogP) is 2.21. The summed E-state index contributed by atoms with van der Waals surface area (Å²) in [7, 11) is 0. The Kier molecular flexibility index (Phi) is 2.71. The number of hydrogen-bond donors (Lipinski definition) is 1. The molecule has 0 amide bonds. The van der Waals surface area contributed by atoms with Crippen LogP contribution < -0.4 is 10.9 Å². The van der Waals surface area contributed by atoms with Gasteiger partial charge in [0, 0.05) is 24.2 Å². The average molecular weight is 237 g/mol. The number of aromatic nitrogens is 2. The lowest BCUT2D eigenvalue weighted by atomic mass is 9.97. The van der Waals surface area contributed by atoms with E-state index in [2.05, 4.69) is 31.1 Å². The Morgan fingerprint density at radius 1 is 1.50 bits per heavy atom. The van der Waals surface area contributed by atoms with E-state index < -0.39 is 0 Å². The van der Waals surface area contributed by atoms with Crippen molar-refractivity contribution in [1.29, 1.82) is 0 Å². The molecule has 0 aliphatic rings. The second kappa shape index (κ2) is 3.90. The van der Waals surface area contributed by atoms with Crippen molar-refractivity contribution in [2.45, 2.75) is 20.8 Å². The van der Waals surface area contributed by atoms with Gasteiger partial charge in [0.1, 0.15) is 5.82 Å². The van der Waals surface area contributed by atoms with Gasteiger partial charge in [0.15, 0.2) is 4.96 Å². The molecule has 0 unspecified atom stereocenters. The Balaban J connectivity index is 2.29. The molecule has 16 heavy (non-hydrogen) atoms. The molecule has 2 heterocycles. The topological polar surface area (TPSA) is 46.4 Å². The number of fused-ring (bicyclic) bond motifs is 1. The summed E-state index contributed by atoms with van der Waals surface area (Å²) in [4.78, 5) is 16.8. The van der Waals surface area contributed by atoms with Crippen molar-refractivity contribution < 1.29 is 0 Å². The maximum absolute atomic E-state index is 11.7. The van der Waals surface area contributed by atoms with E-state index in [4.69, 9.17) is 0 Å². The summed E-state index contributed by atoms with van der Waals surface area (Å²) < 4.78 is 1.55. The molecular formula is C11H15N3OS. The number of anilines is 1. The minimum Gasteiger partial charge on any atom is -0.369 e. The van der Waals surface area contributed by atoms with E-state index in [0.29, 0.717) is 5.82 Å². The van der Waals surface area contributed by atoms with E-state index in [1.54, 1.807) is 10.6 Å². The Morgan fingerprint density at radius 3 is 2.94 bits per heavy atom. The molecule has 2 rings (SSSR count). The lowest BCUT2D eigenvalue weighted by molar-refractivity contribution is 0.442. The molecule has 1 N–H and O–H groups in total. The van der Waals surface area contributed by atoms with Crippen LogP contribution in [0.1, 0.15) is 20.8 Å². The molecule has 2 aromatic rings. The monoisotopic (exact) mass is 237 g/mol. The Labute approximate surface area is 98.0 Å². The Morgan fingerprint density at radius 2 is 2.25 bits per heavy atom. The summed E-state index contributed by atoms with van der Waals surface area (Å²) in [5, 5.41) is 5.05. The van der Waals surface area contributed by atoms with E-state index in [0.717, 1.165) is 11.5 Å². The molecule has 5 heteroatoms. The van der Waals surface area contributed by atoms with E-state index in [1.807, 2.05) is 5.38 Å². The van der Waals surface area contributed by atoms with Crippen LogP contribution in [-0.2, 0) is 0 Å². The first-order valence-corrected chi connectivity index (χ1v) is 6.04. The van der Waals surface area contributed by atoms with Crippen LogP contribution in [0.3, 0.4) is 0 Å². The van der Waals surface area contributed by atoms with Gasteiger partial charge in [0.2, 0.25) is 0 Å². The van der Waals surface area contributed by atoms with Crippen molar-refractivity contribution in [3.8, 4) is 0 Å². The largest absolute Gasteiger partial charge is 0.369 e. The van der Waals surface area contributed by atoms with Crippen molar-refractivity contribution in [2.75, 3.05) is 11.9 Å². The van der Waals surface area contributed by atoms with Crippen LogP contribution in [0.15, 0.2) is 22.4 Å². The summed E-state index contributed by atoms with van der Waals surface area (Å²) in [6, 6.07) is 1.53. The summed E-state index contributed by atoms with van der Waals surface area (Å²) in [5.74, 6) is 0.655. The van der Waals surface area contributed by atoms with Gasteiger partial charge in [-0.2, -0.15) is 0 Å². The maximum Gasteiger partial charge on any atom is 0.260 e. The van der Waals surface area contributed by atoms with Crippen LogP contribution in [0, 0.1) is 5.41 Å². The second-order valence-electron chi connectivity index (χ2n) is 4.95. The summed E-state index contributed by atoms with van der Waals surface area (Å²) >= 11 is 1.46. The summed E-state index contributed by atoms with van der Waals surface area (Å²) in [5.41, 5.74) is 0.130. The Bertz CT molecular complexity index is 550. The Hall–Kier alpha value is -1.36. The van der Waals surface area contributed by atoms with E-state index in [1.165, 1.54) is 17.4 Å². The van der Waals surface area contributed by atoms with E-state index >= 15 is 0 Å². The SMILES string of the molecule is CC(C)(C)CNc1cc(=O)n2ccsc2n1. The fourth-order valence-electron chi connectivity index (χ4n) is 1.29. The first kappa shape index (κ1) is 11.1. The third-order valence-electron chi connectivity index (χ3n) is 2.10. The maximum atomic E-state index is 11.7.